The molecule has 1 heterocycles. The molecule has 0 aliphatic carbocycles. The number of hydrogen-bond acceptors (Lipinski definition) is 6. The zero-order valence-corrected chi connectivity index (χ0v) is 16.5. The summed E-state index contributed by atoms with van der Waals surface area (Å²) in [6, 6.07) is 6.84. The summed E-state index contributed by atoms with van der Waals surface area (Å²) in [5.41, 5.74) is 0.0116. The number of carboxylic acid groups (broad SMARTS) is 1. The Morgan fingerprint density at radius 1 is 1.03 bits per heavy atom. The van der Waals surface area contributed by atoms with Crippen molar-refractivity contribution in [1.82, 2.24) is 9.97 Å². The van der Waals surface area contributed by atoms with E-state index < -0.39 is 44.3 Å². The summed E-state index contributed by atoms with van der Waals surface area (Å²) < 4.78 is 58.1. The molecule has 0 fully saturated rings. The van der Waals surface area contributed by atoms with E-state index >= 15 is 0 Å². The van der Waals surface area contributed by atoms with Crippen LogP contribution in [0.15, 0.2) is 53.7 Å². The molecule has 2 aromatic carbocycles. The first-order chi connectivity index (χ1) is 14.2. The highest BCUT2D eigenvalue weighted by molar-refractivity contribution is 7.90. The standard InChI is InChI=1S/C20H16F2N2O5S/c1-29-10-19-23-8-14(9-24-19)12-2-4-15(5-3-12)30(27,28)11-13-6-18(22)16(20(25)26)7-17(13)21/h2-9H,10-11H2,1H3,(H,25,26). The van der Waals surface area contributed by atoms with E-state index in [0.29, 0.717) is 29.1 Å². The van der Waals surface area contributed by atoms with Gasteiger partial charge in [0.25, 0.3) is 0 Å². The van der Waals surface area contributed by atoms with Gasteiger partial charge in [0.1, 0.15) is 18.2 Å². The van der Waals surface area contributed by atoms with Gasteiger partial charge in [0.05, 0.1) is 16.2 Å². The average molecular weight is 434 g/mol. The molecule has 0 atom stereocenters. The summed E-state index contributed by atoms with van der Waals surface area (Å²) in [6.45, 7) is 0.266. The highest BCUT2D eigenvalue weighted by Crippen LogP contribution is 2.24. The third-order valence-electron chi connectivity index (χ3n) is 4.24. The molecule has 1 N–H and O–H groups in total. The summed E-state index contributed by atoms with van der Waals surface area (Å²) in [5, 5.41) is 8.81. The van der Waals surface area contributed by atoms with Crippen LogP contribution < -0.4 is 0 Å². The van der Waals surface area contributed by atoms with Crippen molar-refractivity contribution in [3.05, 3.63) is 77.4 Å². The molecular formula is C20H16F2N2O5S. The zero-order chi connectivity index (χ0) is 21.9. The van der Waals surface area contributed by atoms with E-state index in [0.717, 1.165) is 0 Å². The molecule has 0 aliphatic heterocycles. The maximum atomic E-state index is 14.1. The van der Waals surface area contributed by atoms with Crippen LogP contribution in [0, 0.1) is 11.6 Å². The minimum Gasteiger partial charge on any atom is -0.478 e. The molecule has 0 spiro atoms. The van der Waals surface area contributed by atoms with Gasteiger partial charge in [-0.25, -0.2) is 32.0 Å². The van der Waals surface area contributed by atoms with Gasteiger partial charge in [-0.2, -0.15) is 0 Å². The van der Waals surface area contributed by atoms with E-state index in [1.807, 2.05) is 0 Å². The molecule has 3 aromatic rings. The van der Waals surface area contributed by atoms with Gasteiger partial charge in [-0.3, -0.25) is 0 Å². The third-order valence-corrected chi connectivity index (χ3v) is 5.92. The first kappa shape index (κ1) is 21.5. The van der Waals surface area contributed by atoms with Gasteiger partial charge in [0.15, 0.2) is 15.7 Å². The fourth-order valence-corrected chi connectivity index (χ4v) is 4.06. The predicted octanol–water partition coefficient (Wildman–Crippen LogP) is 3.24. The van der Waals surface area contributed by atoms with Crippen molar-refractivity contribution in [2.24, 2.45) is 0 Å². The fourth-order valence-electron chi connectivity index (χ4n) is 2.71. The number of methoxy groups -OCH3 is 1. The maximum absolute atomic E-state index is 14.1. The monoisotopic (exact) mass is 434 g/mol. The van der Waals surface area contributed by atoms with E-state index in [1.165, 1.54) is 19.2 Å². The average Bonchev–Trinajstić information content (AvgIpc) is 2.71. The molecule has 0 radical (unpaired) electrons. The van der Waals surface area contributed by atoms with Crippen LogP contribution in [0.25, 0.3) is 11.1 Å². The van der Waals surface area contributed by atoms with Crippen molar-refractivity contribution >= 4 is 15.8 Å². The van der Waals surface area contributed by atoms with Crippen molar-refractivity contribution < 1.29 is 31.8 Å². The second-order valence-corrected chi connectivity index (χ2v) is 8.32. The van der Waals surface area contributed by atoms with Crippen molar-refractivity contribution in [2.75, 3.05) is 7.11 Å². The largest absolute Gasteiger partial charge is 0.478 e. The lowest BCUT2D eigenvalue weighted by Gasteiger charge is -2.09. The Balaban J connectivity index is 1.83. The number of sulfone groups is 1. The fraction of sp³-hybridized carbons (Fsp3) is 0.150. The molecule has 10 heteroatoms. The molecule has 30 heavy (non-hydrogen) atoms. The number of halogens is 2. The quantitative estimate of drug-likeness (QED) is 0.608. The molecule has 156 valence electrons. The highest BCUT2D eigenvalue weighted by Gasteiger charge is 2.21. The lowest BCUT2D eigenvalue weighted by atomic mass is 10.1. The van der Waals surface area contributed by atoms with Crippen LogP contribution in [0.3, 0.4) is 0 Å². The molecule has 7 nitrogen and oxygen atoms in total. The summed E-state index contributed by atoms with van der Waals surface area (Å²) >= 11 is 0. The second kappa shape index (κ2) is 8.64. The number of rotatable bonds is 7. The number of carbonyl (C=O) groups is 1. The van der Waals surface area contributed by atoms with Crippen LogP contribution in [0.1, 0.15) is 21.7 Å². The van der Waals surface area contributed by atoms with Crippen LogP contribution in [0.2, 0.25) is 0 Å². The van der Waals surface area contributed by atoms with Crippen LogP contribution in [-0.4, -0.2) is 36.6 Å². The van der Waals surface area contributed by atoms with Gasteiger partial charge in [-0.1, -0.05) is 12.1 Å². The SMILES string of the molecule is COCc1ncc(-c2ccc(S(=O)(=O)Cc3cc(F)c(C(=O)O)cc3F)cc2)cn1. The first-order valence-corrected chi connectivity index (χ1v) is 10.2. The minimum atomic E-state index is -4.00. The molecule has 0 saturated heterocycles. The number of ether oxygens (including phenoxy) is 1. The number of aromatic nitrogens is 2. The Bertz CT molecular complexity index is 1180. The molecule has 0 amide bonds. The van der Waals surface area contributed by atoms with E-state index in [4.69, 9.17) is 9.84 Å². The summed E-state index contributed by atoms with van der Waals surface area (Å²) in [6.07, 6.45) is 3.15. The molecule has 0 saturated carbocycles. The van der Waals surface area contributed by atoms with Gasteiger partial charge in [-0.15, -0.1) is 0 Å². The Morgan fingerprint density at radius 3 is 2.23 bits per heavy atom. The van der Waals surface area contributed by atoms with Crippen molar-refractivity contribution in [3.63, 3.8) is 0 Å². The van der Waals surface area contributed by atoms with E-state index in [9.17, 15) is 22.0 Å². The summed E-state index contributed by atoms with van der Waals surface area (Å²) in [4.78, 5) is 19.0. The van der Waals surface area contributed by atoms with E-state index in [-0.39, 0.29) is 11.5 Å². The van der Waals surface area contributed by atoms with Gasteiger partial charge in [0.2, 0.25) is 0 Å². The van der Waals surface area contributed by atoms with Crippen molar-refractivity contribution in [2.45, 2.75) is 17.3 Å². The Morgan fingerprint density at radius 2 is 1.67 bits per heavy atom. The normalized spacial score (nSPS) is 11.4. The third kappa shape index (κ3) is 4.66. The van der Waals surface area contributed by atoms with Crippen LogP contribution in [0.5, 0.6) is 0 Å². The Kier molecular flexibility index (Phi) is 6.18. The number of hydrogen-bond donors (Lipinski definition) is 1. The van der Waals surface area contributed by atoms with Gasteiger partial charge in [-0.05, 0) is 29.8 Å². The van der Waals surface area contributed by atoms with Crippen LogP contribution in [-0.2, 0) is 26.9 Å². The zero-order valence-electron chi connectivity index (χ0n) is 15.7. The number of aromatic carboxylic acids is 1. The smallest absolute Gasteiger partial charge is 0.338 e. The number of benzene rings is 2. The predicted molar refractivity (Wildman–Crippen MR) is 102 cm³/mol. The summed E-state index contributed by atoms with van der Waals surface area (Å²) in [5.74, 6) is -4.27. The van der Waals surface area contributed by atoms with Crippen molar-refractivity contribution in [1.29, 1.82) is 0 Å². The van der Waals surface area contributed by atoms with E-state index in [1.54, 1.807) is 24.5 Å². The van der Waals surface area contributed by atoms with Crippen LogP contribution in [0.4, 0.5) is 8.78 Å². The second-order valence-electron chi connectivity index (χ2n) is 6.33. The Labute approximate surface area is 170 Å². The molecule has 0 bridgehead atoms. The highest BCUT2D eigenvalue weighted by atomic mass is 32.2. The lowest BCUT2D eigenvalue weighted by Crippen LogP contribution is -2.09. The molecular weight excluding hydrogens is 418 g/mol. The first-order valence-electron chi connectivity index (χ1n) is 8.55. The maximum Gasteiger partial charge on any atom is 0.338 e. The summed E-state index contributed by atoms with van der Waals surface area (Å²) in [7, 11) is -2.48. The molecule has 0 unspecified atom stereocenters. The van der Waals surface area contributed by atoms with Gasteiger partial charge < -0.3 is 9.84 Å². The topological polar surface area (TPSA) is 106 Å². The van der Waals surface area contributed by atoms with Gasteiger partial charge in [0, 0.05) is 30.6 Å². The minimum absolute atomic E-state index is 0.0923. The van der Waals surface area contributed by atoms with Gasteiger partial charge >= 0.3 is 5.97 Å². The Hall–Kier alpha value is -3.24. The number of carboxylic acids is 1. The number of nitrogens with zero attached hydrogens (tertiary/aromatic N) is 2. The van der Waals surface area contributed by atoms with E-state index in [2.05, 4.69) is 9.97 Å². The molecule has 0 aliphatic rings. The molecule has 1 aromatic heterocycles. The lowest BCUT2D eigenvalue weighted by molar-refractivity contribution is 0.0691. The van der Waals surface area contributed by atoms with Crippen LogP contribution >= 0.6 is 0 Å². The van der Waals surface area contributed by atoms with Crippen molar-refractivity contribution in [3.8, 4) is 11.1 Å². The molecule has 3 rings (SSSR count).